The summed E-state index contributed by atoms with van der Waals surface area (Å²) < 4.78 is 1.10. The van der Waals surface area contributed by atoms with E-state index in [1.807, 2.05) is 7.05 Å². The fraction of sp³-hybridized carbons (Fsp3) is 0.857. The molecule has 1 heterocycles. The summed E-state index contributed by atoms with van der Waals surface area (Å²) in [6, 6.07) is 0.150. The van der Waals surface area contributed by atoms with Crippen molar-refractivity contribution in [1.29, 1.82) is 0 Å². The molecule has 2 nitrogen and oxygen atoms in total. The van der Waals surface area contributed by atoms with Gasteiger partial charge in [-0.1, -0.05) is 45.2 Å². The number of alkyl halides is 2. The summed E-state index contributed by atoms with van der Waals surface area (Å²) in [7, 11) is 2.02. The summed E-state index contributed by atoms with van der Waals surface area (Å²) in [4.78, 5) is 13.3. The monoisotopic (exact) mass is 379 g/mol. The standard InChI is InChI=1S/C7H11I2NO/c1-4(11)7-6(9)5(8)3-10(7)2/h5-7H,3H2,1-2H3. The summed E-state index contributed by atoms with van der Waals surface area (Å²) in [5.74, 6) is 0.297. The van der Waals surface area contributed by atoms with Crippen LogP contribution in [0.1, 0.15) is 6.92 Å². The maximum Gasteiger partial charge on any atom is 0.148 e. The van der Waals surface area contributed by atoms with E-state index in [4.69, 9.17) is 0 Å². The van der Waals surface area contributed by atoms with Gasteiger partial charge in [0.2, 0.25) is 0 Å². The van der Waals surface area contributed by atoms with Crippen molar-refractivity contribution in [2.75, 3.05) is 13.6 Å². The maximum atomic E-state index is 11.2. The van der Waals surface area contributed by atoms with Gasteiger partial charge in [0.05, 0.1) is 6.04 Å². The highest BCUT2D eigenvalue weighted by Gasteiger charge is 2.39. The fourth-order valence-electron chi connectivity index (χ4n) is 1.46. The molecule has 3 atom stereocenters. The molecule has 0 saturated carbocycles. The number of hydrogen-bond acceptors (Lipinski definition) is 2. The Kier molecular flexibility index (Phi) is 3.57. The topological polar surface area (TPSA) is 20.3 Å². The lowest BCUT2D eigenvalue weighted by atomic mass is 10.1. The largest absolute Gasteiger partial charge is 0.298 e. The smallest absolute Gasteiger partial charge is 0.148 e. The zero-order valence-corrected chi connectivity index (χ0v) is 10.9. The van der Waals surface area contributed by atoms with Gasteiger partial charge in [0.25, 0.3) is 0 Å². The van der Waals surface area contributed by atoms with Gasteiger partial charge in [0.15, 0.2) is 0 Å². The molecule has 64 valence electrons. The van der Waals surface area contributed by atoms with Crippen LogP contribution in [0.4, 0.5) is 0 Å². The molecular weight excluding hydrogens is 368 g/mol. The molecule has 0 amide bonds. The lowest BCUT2D eigenvalue weighted by Gasteiger charge is -2.18. The van der Waals surface area contributed by atoms with Gasteiger partial charge in [0.1, 0.15) is 5.78 Å². The third kappa shape index (κ3) is 2.06. The van der Waals surface area contributed by atoms with Crippen molar-refractivity contribution in [2.24, 2.45) is 0 Å². The van der Waals surface area contributed by atoms with E-state index in [1.165, 1.54) is 0 Å². The van der Waals surface area contributed by atoms with Crippen molar-refractivity contribution in [2.45, 2.75) is 20.8 Å². The first-order valence-electron chi connectivity index (χ1n) is 3.53. The molecule has 3 unspecified atom stereocenters. The number of rotatable bonds is 1. The third-order valence-corrected chi connectivity index (χ3v) is 6.10. The summed E-state index contributed by atoms with van der Waals surface area (Å²) in [6.45, 7) is 2.72. The Hall–Kier alpha value is 1.09. The highest BCUT2D eigenvalue weighted by Crippen LogP contribution is 2.29. The van der Waals surface area contributed by atoms with Crippen molar-refractivity contribution in [3.63, 3.8) is 0 Å². The maximum absolute atomic E-state index is 11.2. The molecule has 0 N–H and O–H groups in total. The van der Waals surface area contributed by atoms with E-state index >= 15 is 0 Å². The fourth-order valence-corrected chi connectivity index (χ4v) is 3.76. The molecular formula is C7H11I2NO. The van der Waals surface area contributed by atoms with Gasteiger partial charge in [-0.2, -0.15) is 0 Å². The highest BCUT2D eigenvalue weighted by molar-refractivity contribution is 14.1. The Morgan fingerprint density at radius 1 is 1.55 bits per heavy atom. The number of halogens is 2. The Morgan fingerprint density at radius 2 is 2.09 bits per heavy atom. The average Bonchev–Trinajstić information content (AvgIpc) is 2.07. The van der Waals surface area contributed by atoms with Crippen LogP contribution < -0.4 is 0 Å². The molecule has 1 saturated heterocycles. The van der Waals surface area contributed by atoms with E-state index in [-0.39, 0.29) is 6.04 Å². The summed E-state index contributed by atoms with van der Waals surface area (Å²) in [6.07, 6.45) is 0. The van der Waals surface area contributed by atoms with Crippen LogP contribution >= 0.6 is 45.2 Å². The van der Waals surface area contributed by atoms with Gasteiger partial charge in [-0.15, -0.1) is 0 Å². The van der Waals surface area contributed by atoms with Crippen molar-refractivity contribution < 1.29 is 4.79 Å². The molecule has 0 aromatic carbocycles. The van der Waals surface area contributed by atoms with Crippen LogP contribution in [0.5, 0.6) is 0 Å². The first-order chi connectivity index (χ1) is 5.04. The molecule has 0 bridgehead atoms. The predicted octanol–water partition coefficient (Wildman–Crippen LogP) is 1.50. The average molecular weight is 379 g/mol. The Balaban J connectivity index is 2.71. The zero-order valence-electron chi connectivity index (χ0n) is 6.55. The van der Waals surface area contributed by atoms with E-state index in [0.717, 1.165) is 6.54 Å². The molecule has 0 aromatic rings. The zero-order chi connectivity index (χ0) is 8.59. The number of carbonyl (C=O) groups is 1. The van der Waals surface area contributed by atoms with Crippen molar-refractivity contribution >= 4 is 51.0 Å². The van der Waals surface area contributed by atoms with Crippen LogP contribution in [-0.4, -0.2) is 38.2 Å². The van der Waals surface area contributed by atoms with Gasteiger partial charge < -0.3 is 0 Å². The molecule has 11 heavy (non-hydrogen) atoms. The molecule has 1 aliphatic heterocycles. The first-order valence-corrected chi connectivity index (χ1v) is 6.02. The van der Waals surface area contributed by atoms with Crippen LogP contribution in [-0.2, 0) is 4.79 Å². The quantitative estimate of drug-likeness (QED) is 0.509. The second-order valence-electron chi connectivity index (χ2n) is 2.96. The van der Waals surface area contributed by atoms with Crippen molar-refractivity contribution in [3.05, 3.63) is 0 Å². The van der Waals surface area contributed by atoms with Gasteiger partial charge >= 0.3 is 0 Å². The minimum Gasteiger partial charge on any atom is -0.298 e. The van der Waals surface area contributed by atoms with E-state index in [1.54, 1.807) is 6.92 Å². The van der Waals surface area contributed by atoms with Gasteiger partial charge in [0, 0.05) is 14.4 Å². The van der Waals surface area contributed by atoms with Gasteiger partial charge in [-0.25, -0.2) is 0 Å². The Morgan fingerprint density at radius 3 is 2.27 bits per heavy atom. The van der Waals surface area contributed by atoms with Crippen LogP contribution in [0.25, 0.3) is 0 Å². The molecule has 1 aliphatic rings. The molecule has 0 spiro atoms. The van der Waals surface area contributed by atoms with Crippen molar-refractivity contribution in [3.8, 4) is 0 Å². The Bertz CT molecular complexity index is 174. The van der Waals surface area contributed by atoms with Crippen LogP contribution in [0, 0.1) is 0 Å². The van der Waals surface area contributed by atoms with Gasteiger partial charge in [-0.3, -0.25) is 9.69 Å². The second-order valence-corrected chi connectivity index (χ2v) is 5.99. The summed E-state index contributed by atoms with van der Waals surface area (Å²) >= 11 is 4.80. The van der Waals surface area contributed by atoms with E-state index < -0.39 is 0 Å². The van der Waals surface area contributed by atoms with Crippen LogP contribution in [0.15, 0.2) is 0 Å². The molecule has 4 heteroatoms. The molecule has 0 aliphatic carbocycles. The molecule has 0 aromatic heterocycles. The number of likely N-dealkylation sites (N-methyl/N-ethyl adjacent to an activating group) is 1. The molecule has 0 radical (unpaired) electrons. The number of Topliss-reactive ketones (excluding diaryl/α,β-unsaturated/α-hetero) is 1. The Labute approximate surface area is 94.4 Å². The number of hydrogen-bond donors (Lipinski definition) is 0. The van der Waals surface area contributed by atoms with Crippen LogP contribution in [0.2, 0.25) is 0 Å². The normalized spacial score (nSPS) is 39.5. The lowest BCUT2D eigenvalue weighted by Crippen LogP contribution is -2.36. The number of carbonyl (C=O) groups excluding carboxylic acids is 1. The van der Waals surface area contributed by atoms with Gasteiger partial charge in [-0.05, 0) is 14.0 Å². The van der Waals surface area contributed by atoms with Crippen molar-refractivity contribution in [1.82, 2.24) is 4.90 Å². The number of likely N-dealkylation sites (tertiary alicyclic amines) is 1. The summed E-state index contributed by atoms with van der Waals surface area (Å²) in [5.41, 5.74) is 0. The van der Waals surface area contributed by atoms with E-state index in [9.17, 15) is 4.79 Å². The minimum absolute atomic E-state index is 0.150. The summed E-state index contributed by atoms with van der Waals surface area (Å²) in [5, 5.41) is 0. The second kappa shape index (κ2) is 3.87. The minimum atomic E-state index is 0.150. The number of nitrogens with zero attached hydrogens (tertiary/aromatic N) is 1. The molecule has 1 rings (SSSR count). The van der Waals surface area contributed by atoms with E-state index in [2.05, 4.69) is 50.1 Å². The SMILES string of the molecule is CC(=O)C1C(I)C(I)CN1C. The highest BCUT2D eigenvalue weighted by atomic mass is 127. The van der Waals surface area contributed by atoms with Crippen LogP contribution in [0.3, 0.4) is 0 Å². The first kappa shape index (κ1) is 10.2. The lowest BCUT2D eigenvalue weighted by molar-refractivity contribution is -0.120. The molecule has 1 fully saturated rings. The number of ketones is 1. The third-order valence-electron chi connectivity index (χ3n) is 2.00. The predicted molar refractivity (Wildman–Crippen MR) is 62.7 cm³/mol. The van der Waals surface area contributed by atoms with E-state index in [0.29, 0.717) is 13.6 Å².